The van der Waals surface area contributed by atoms with Gasteiger partial charge in [0.05, 0.1) is 5.97 Å². The van der Waals surface area contributed by atoms with Crippen LogP contribution in [-0.2, 0) is 11.2 Å². The van der Waals surface area contributed by atoms with Crippen LogP contribution in [0.1, 0.15) is 12.5 Å². The third-order valence-corrected chi connectivity index (χ3v) is 1.69. The molecule has 0 saturated carbocycles. The number of hydrogen-bond acceptors (Lipinski definition) is 3. The van der Waals surface area contributed by atoms with Crippen LogP contribution in [0.15, 0.2) is 24.3 Å². The molecule has 0 radical (unpaired) electrons. The Morgan fingerprint density at radius 1 is 1.38 bits per heavy atom. The summed E-state index contributed by atoms with van der Waals surface area (Å²) < 4.78 is 4.90. The summed E-state index contributed by atoms with van der Waals surface area (Å²) in [6.07, 6.45) is 0.959. The molecule has 1 aromatic rings. The lowest BCUT2D eigenvalue weighted by Gasteiger charge is -2.06. The fraction of sp³-hybridized carbons (Fsp3) is 0.300. The molecular weight excluding hydrogens is 168 g/mol. The average Bonchev–Trinajstić information content (AvgIpc) is 2.15. The first kappa shape index (κ1) is 9.58. The maximum atomic E-state index is 10.1. The number of carbonyl (C=O) groups excluding carboxylic acids is 1. The Bertz CT molecular complexity index is 277. The van der Waals surface area contributed by atoms with E-state index in [0.717, 1.165) is 6.42 Å². The van der Waals surface area contributed by atoms with Crippen molar-refractivity contribution in [1.82, 2.24) is 0 Å². The fourth-order valence-electron chi connectivity index (χ4n) is 0.964. The first-order valence-corrected chi connectivity index (χ1v) is 4.14. The lowest BCUT2D eigenvalue weighted by atomic mass is 10.2. The number of carboxylic acids is 1. The highest BCUT2D eigenvalue weighted by molar-refractivity contribution is 5.66. The van der Waals surface area contributed by atoms with Crippen LogP contribution in [0.5, 0.6) is 5.75 Å². The largest absolute Gasteiger partial charge is 0.546 e. The number of aryl methyl sites for hydroxylation is 1. The molecule has 0 aromatic heterocycles. The van der Waals surface area contributed by atoms with Gasteiger partial charge in [0.2, 0.25) is 0 Å². The molecular formula is C10H11O3-. The maximum absolute atomic E-state index is 10.1. The Kier molecular flexibility index (Phi) is 3.31. The fourth-order valence-corrected chi connectivity index (χ4v) is 0.964. The SMILES string of the molecule is CCc1ccc(OCC(=O)[O-])cc1. The molecule has 0 unspecified atom stereocenters. The van der Waals surface area contributed by atoms with Crippen LogP contribution in [0.3, 0.4) is 0 Å². The van der Waals surface area contributed by atoms with Gasteiger partial charge in [0.15, 0.2) is 0 Å². The van der Waals surface area contributed by atoms with E-state index >= 15 is 0 Å². The van der Waals surface area contributed by atoms with Crippen LogP contribution in [0.4, 0.5) is 0 Å². The van der Waals surface area contributed by atoms with Gasteiger partial charge < -0.3 is 14.6 Å². The van der Waals surface area contributed by atoms with Crippen LogP contribution in [0, 0.1) is 0 Å². The van der Waals surface area contributed by atoms with Crippen molar-refractivity contribution in [3.8, 4) is 5.75 Å². The van der Waals surface area contributed by atoms with Gasteiger partial charge >= 0.3 is 0 Å². The van der Waals surface area contributed by atoms with Crippen LogP contribution in [0.25, 0.3) is 0 Å². The van der Waals surface area contributed by atoms with Crippen molar-refractivity contribution in [3.63, 3.8) is 0 Å². The van der Waals surface area contributed by atoms with E-state index in [4.69, 9.17) is 4.74 Å². The number of carbonyl (C=O) groups is 1. The second kappa shape index (κ2) is 4.50. The summed E-state index contributed by atoms with van der Waals surface area (Å²) in [6, 6.07) is 7.32. The van der Waals surface area contributed by atoms with Gasteiger partial charge in [0.25, 0.3) is 0 Å². The number of carboxylic acid groups (broad SMARTS) is 1. The molecule has 3 nitrogen and oxygen atoms in total. The third kappa shape index (κ3) is 3.15. The number of rotatable bonds is 4. The summed E-state index contributed by atoms with van der Waals surface area (Å²) >= 11 is 0. The lowest BCUT2D eigenvalue weighted by molar-refractivity contribution is -0.307. The number of aliphatic carboxylic acids is 1. The van der Waals surface area contributed by atoms with Crippen LogP contribution in [-0.4, -0.2) is 12.6 Å². The minimum atomic E-state index is -1.21. The van der Waals surface area contributed by atoms with Crippen molar-refractivity contribution in [2.24, 2.45) is 0 Å². The summed E-state index contributed by atoms with van der Waals surface area (Å²) in [5.74, 6) is -0.652. The number of ether oxygens (including phenoxy) is 1. The van der Waals surface area contributed by atoms with Crippen molar-refractivity contribution < 1.29 is 14.6 Å². The quantitative estimate of drug-likeness (QED) is 0.671. The van der Waals surface area contributed by atoms with Crippen molar-refractivity contribution in [1.29, 1.82) is 0 Å². The van der Waals surface area contributed by atoms with Gasteiger partial charge in [-0.15, -0.1) is 0 Å². The van der Waals surface area contributed by atoms with Gasteiger partial charge in [-0.2, -0.15) is 0 Å². The van der Waals surface area contributed by atoms with Crippen LogP contribution in [0.2, 0.25) is 0 Å². The molecule has 0 aliphatic heterocycles. The predicted octanol–water partition coefficient (Wildman–Crippen LogP) is 0.378. The highest BCUT2D eigenvalue weighted by Gasteiger charge is 1.93. The molecule has 0 atom stereocenters. The zero-order chi connectivity index (χ0) is 9.68. The molecule has 70 valence electrons. The minimum absolute atomic E-state index is 0.397. The average molecular weight is 179 g/mol. The Morgan fingerprint density at radius 2 is 2.00 bits per heavy atom. The molecule has 1 rings (SSSR count). The van der Waals surface area contributed by atoms with Gasteiger partial charge in [-0.1, -0.05) is 19.1 Å². The van der Waals surface area contributed by atoms with E-state index < -0.39 is 12.6 Å². The topological polar surface area (TPSA) is 49.4 Å². The standard InChI is InChI=1S/C10H12O3/c1-2-8-3-5-9(6-4-8)13-7-10(11)12/h3-6H,2,7H2,1H3,(H,11,12)/p-1. The van der Waals surface area contributed by atoms with E-state index in [0.29, 0.717) is 5.75 Å². The Hall–Kier alpha value is -1.51. The zero-order valence-corrected chi connectivity index (χ0v) is 7.45. The van der Waals surface area contributed by atoms with E-state index in [1.807, 2.05) is 12.1 Å². The molecule has 3 heteroatoms. The predicted molar refractivity (Wildman–Crippen MR) is 46.3 cm³/mol. The molecule has 0 bridgehead atoms. The molecule has 1 aromatic carbocycles. The highest BCUT2D eigenvalue weighted by Crippen LogP contribution is 2.11. The summed E-state index contributed by atoms with van der Waals surface area (Å²) in [7, 11) is 0. The molecule has 0 fully saturated rings. The molecule has 0 aliphatic carbocycles. The second-order valence-corrected chi connectivity index (χ2v) is 2.66. The van der Waals surface area contributed by atoms with Crippen molar-refractivity contribution in [2.45, 2.75) is 13.3 Å². The van der Waals surface area contributed by atoms with Gasteiger partial charge in [-0.05, 0) is 24.1 Å². The van der Waals surface area contributed by atoms with Crippen LogP contribution >= 0.6 is 0 Å². The lowest BCUT2D eigenvalue weighted by Crippen LogP contribution is -2.28. The van der Waals surface area contributed by atoms with E-state index in [1.165, 1.54) is 5.56 Å². The van der Waals surface area contributed by atoms with Gasteiger partial charge in [0.1, 0.15) is 12.4 Å². The summed E-state index contributed by atoms with van der Waals surface area (Å²) in [6.45, 7) is 1.66. The first-order chi connectivity index (χ1) is 6.22. The molecule has 0 N–H and O–H groups in total. The van der Waals surface area contributed by atoms with Crippen molar-refractivity contribution in [3.05, 3.63) is 29.8 Å². The Labute approximate surface area is 77.0 Å². The van der Waals surface area contributed by atoms with Crippen molar-refractivity contribution in [2.75, 3.05) is 6.61 Å². The Balaban J connectivity index is 2.54. The monoisotopic (exact) mass is 179 g/mol. The zero-order valence-electron chi connectivity index (χ0n) is 7.45. The van der Waals surface area contributed by atoms with Gasteiger partial charge in [-0.3, -0.25) is 0 Å². The molecule has 0 heterocycles. The summed E-state index contributed by atoms with van der Waals surface area (Å²) in [5, 5.41) is 10.1. The number of benzene rings is 1. The van der Waals surface area contributed by atoms with Crippen LogP contribution < -0.4 is 9.84 Å². The molecule has 0 spiro atoms. The smallest absolute Gasteiger partial charge is 0.128 e. The Morgan fingerprint density at radius 3 is 2.46 bits per heavy atom. The van der Waals surface area contributed by atoms with E-state index in [9.17, 15) is 9.90 Å². The normalized spacial score (nSPS) is 9.62. The van der Waals surface area contributed by atoms with E-state index in [2.05, 4.69) is 6.92 Å². The summed E-state index contributed by atoms with van der Waals surface area (Å²) in [5.41, 5.74) is 1.20. The highest BCUT2D eigenvalue weighted by atomic mass is 16.5. The van der Waals surface area contributed by atoms with E-state index in [-0.39, 0.29) is 0 Å². The molecule has 0 amide bonds. The molecule has 13 heavy (non-hydrogen) atoms. The molecule has 0 aliphatic rings. The second-order valence-electron chi connectivity index (χ2n) is 2.66. The van der Waals surface area contributed by atoms with Crippen molar-refractivity contribution >= 4 is 5.97 Å². The van der Waals surface area contributed by atoms with Gasteiger partial charge in [0, 0.05) is 0 Å². The minimum Gasteiger partial charge on any atom is -0.546 e. The maximum Gasteiger partial charge on any atom is 0.128 e. The summed E-state index contributed by atoms with van der Waals surface area (Å²) in [4.78, 5) is 10.1. The van der Waals surface area contributed by atoms with Gasteiger partial charge in [-0.25, -0.2) is 0 Å². The first-order valence-electron chi connectivity index (χ1n) is 4.14. The van der Waals surface area contributed by atoms with E-state index in [1.54, 1.807) is 12.1 Å². The molecule has 0 saturated heterocycles. The number of hydrogen-bond donors (Lipinski definition) is 0. The third-order valence-electron chi connectivity index (χ3n) is 1.69.